The van der Waals surface area contributed by atoms with Crippen LogP contribution in [0.3, 0.4) is 0 Å². The summed E-state index contributed by atoms with van der Waals surface area (Å²) in [6, 6.07) is 0. The minimum Gasteiger partial charge on any atom is -0.373 e. The van der Waals surface area contributed by atoms with E-state index in [-0.39, 0.29) is 5.91 Å². The number of morpholine rings is 1. The summed E-state index contributed by atoms with van der Waals surface area (Å²) in [7, 11) is 0. The number of amides is 1. The quantitative estimate of drug-likeness (QED) is 0.804. The van der Waals surface area contributed by atoms with Crippen LogP contribution in [0.1, 0.15) is 40.0 Å². The second kappa shape index (κ2) is 8.85. The molecule has 1 amide bonds. The standard InChI is InChI=1S/C17H33N3O2/c1-4-18-17(21)7-10-19-8-5-16(6-9-19)13-20-11-14(2)22-15(3)12-20/h14-16H,4-13H2,1-3H3,(H,18,21). The molecule has 0 bridgehead atoms. The molecule has 2 atom stereocenters. The predicted molar refractivity (Wildman–Crippen MR) is 88.9 cm³/mol. The molecule has 0 saturated carbocycles. The van der Waals surface area contributed by atoms with Crippen molar-refractivity contribution in [3.8, 4) is 0 Å². The largest absolute Gasteiger partial charge is 0.373 e. The van der Waals surface area contributed by atoms with E-state index in [0.717, 1.165) is 45.2 Å². The van der Waals surface area contributed by atoms with Gasteiger partial charge in [-0.1, -0.05) is 0 Å². The van der Waals surface area contributed by atoms with Crippen molar-refractivity contribution in [3.05, 3.63) is 0 Å². The summed E-state index contributed by atoms with van der Waals surface area (Å²) in [5.41, 5.74) is 0. The van der Waals surface area contributed by atoms with Gasteiger partial charge in [-0.25, -0.2) is 0 Å². The topological polar surface area (TPSA) is 44.8 Å². The van der Waals surface area contributed by atoms with Gasteiger partial charge < -0.3 is 15.0 Å². The third-order valence-corrected chi connectivity index (χ3v) is 4.75. The number of nitrogens with zero attached hydrogens (tertiary/aromatic N) is 2. The van der Waals surface area contributed by atoms with Crippen molar-refractivity contribution in [1.82, 2.24) is 15.1 Å². The Labute approximate surface area is 135 Å². The molecule has 2 unspecified atom stereocenters. The van der Waals surface area contributed by atoms with Crippen LogP contribution in [0, 0.1) is 5.92 Å². The molecular weight excluding hydrogens is 278 g/mol. The molecule has 2 fully saturated rings. The number of carbonyl (C=O) groups excluding carboxylic acids is 1. The SMILES string of the molecule is CCNC(=O)CCN1CCC(CN2CC(C)OC(C)C2)CC1. The Balaban J connectivity index is 1.63. The van der Waals surface area contributed by atoms with Crippen molar-refractivity contribution in [3.63, 3.8) is 0 Å². The van der Waals surface area contributed by atoms with Crippen molar-refractivity contribution in [2.75, 3.05) is 45.8 Å². The fraction of sp³-hybridized carbons (Fsp3) is 0.941. The van der Waals surface area contributed by atoms with Gasteiger partial charge in [-0.2, -0.15) is 0 Å². The van der Waals surface area contributed by atoms with Gasteiger partial charge in [0.25, 0.3) is 0 Å². The molecule has 0 aliphatic carbocycles. The van der Waals surface area contributed by atoms with Crippen LogP contribution in [0.25, 0.3) is 0 Å². The lowest BCUT2D eigenvalue weighted by Crippen LogP contribution is -2.48. The first kappa shape index (κ1) is 17.7. The number of ether oxygens (including phenoxy) is 1. The van der Waals surface area contributed by atoms with Crippen LogP contribution in [-0.4, -0.2) is 73.7 Å². The highest BCUT2D eigenvalue weighted by molar-refractivity contribution is 5.75. The third kappa shape index (κ3) is 5.86. The molecule has 0 radical (unpaired) electrons. The summed E-state index contributed by atoms with van der Waals surface area (Å²) in [6.45, 7) is 13.6. The molecule has 2 saturated heterocycles. The predicted octanol–water partition coefficient (Wildman–Crippen LogP) is 1.33. The lowest BCUT2D eigenvalue weighted by molar-refractivity contribution is -0.121. The van der Waals surface area contributed by atoms with Gasteiger partial charge in [0.05, 0.1) is 12.2 Å². The van der Waals surface area contributed by atoms with Gasteiger partial charge in [0.1, 0.15) is 0 Å². The Hall–Kier alpha value is -0.650. The maximum absolute atomic E-state index is 11.5. The van der Waals surface area contributed by atoms with Crippen molar-refractivity contribution in [2.45, 2.75) is 52.2 Å². The average Bonchev–Trinajstić information content (AvgIpc) is 2.46. The third-order valence-electron chi connectivity index (χ3n) is 4.75. The Morgan fingerprint density at radius 3 is 2.36 bits per heavy atom. The Kier molecular flexibility index (Phi) is 7.12. The lowest BCUT2D eigenvalue weighted by atomic mass is 9.95. The van der Waals surface area contributed by atoms with E-state index in [4.69, 9.17) is 4.74 Å². The van der Waals surface area contributed by atoms with E-state index in [1.54, 1.807) is 0 Å². The van der Waals surface area contributed by atoms with Crippen LogP contribution in [-0.2, 0) is 9.53 Å². The Morgan fingerprint density at radius 2 is 1.77 bits per heavy atom. The maximum atomic E-state index is 11.5. The maximum Gasteiger partial charge on any atom is 0.221 e. The molecule has 2 heterocycles. The second-order valence-electron chi connectivity index (χ2n) is 6.96. The van der Waals surface area contributed by atoms with E-state index in [9.17, 15) is 4.79 Å². The molecule has 128 valence electrons. The molecule has 1 N–H and O–H groups in total. The lowest BCUT2D eigenvalue weighted by Gasteiger charge is -2.39. The highest BCUT2D eigenvalue weighted by atomic mass is 16.5. The number of carbonyl (C=O) groups is 1. The van der Waals surface area contributed by atoms with E-state index in [1.165, 1.54) is 19.4 Å². The fourth-order valence-electron chi connectivity index (χ4n) is 3.74. The summed E-state index contributed by atoms with van der Waals surface area (Å²) in [6.07, 6.45) is 3.88. The molecule has 2 aliphatic heterocycles. The van der Waals surface area contributed by atoms with Gasteiger partial charge >= 0.3 is 0 Å². The zero-order valence-corrected chi connectivity index (χ0v) is 14.5. The monoisotopic (exact) mass is 311 g/mol. The summed E-state index contributed by atoms with van der Waals surface area (Å²) in [4.78, 5) is 16.5. The zero-order valence-electron chi connectivity index (χ0n) is 14.5. The minimum absolute atomic E-state index is 0.181. The van der Waals surface area contributed by atoms with E-state index in [0.29, 0.717) is 18.6 Å². The number of piperidine rings is 1. The normalized spacial score (nSPS) is 28.7. The van der Waals surface area contributed by atoms with Gasteiger partial charge in [0.2, 0.25) is 5.91 Å². The van der Waals surface area contributed by atoms with Gasteiger partial charge in [0, 0.05) is 39.1 Å². The van der Waals surface area contributed by atoms with Crippen molar-refractivity contribution < 1.29 is 9.53 Å². The molecule has 2 aliphatic rings. The van der Waals surface area contributed by atoms with E-state index in [2.05, 4.69) is 29.0 Å². The summed E-state index contributed by atoms with van der Waals surface area (Å²) >= 11 is 0. The van der Waals surface area contributed by atoms with Crippen molar-refractivity contribution >= 4 is 5.91 Å². The summed E-state index contributed by atoms with van der Waals surface area (Å²) in [5, 5.41) is 2.87. The van der Waals surface area contributed by atoms with Gasteiger partial charge in [-0.3, -0.25) is 9.69 Å². The smallest absolute Gasteiger partial charge is 0.221 e. The fourth-order valence-corrected chi connectivity index (χ4v) is 3.74. The first-order valence-corrected chi connectivity index (χ1v) is 8.93. The number of rotatable bonds is 6. The highest BCUT2D eigenvalue weighted by Crippen LogP contribution is 2.20. The van der Waals surface area contributed by atoms with Crippen LogP contribution in [0.4, 0.5) is 0 Å². The molecule has 0 aromatic carbocycles. The second-order valence-corrected chi connectivity index (χ2v) is 6.96. The van der Waals surface area contributed by atoms with Crippen LogP contribution in [0.15, 0.2) is 0 Å². The molecule has 22 heavy (non-hydrogen) atoms. The average molecular weight is 311 g/mol. The number of likely N-dealkylation sites (tertiary alicyclic amines) is 1. The Bertz CT molecular complexity index is 333. The molecule has 0 aromatic heterocycles. The number of hydrogen-bond donors (Lipinski definition) is 1. The zero-order chi connectivity index (χ0) is 15.9. The van der Waals surface area contributed by atoms with Crippen LogP contribution < -0.4 is 5.32 Å². The summed E-state index contributed by atoms with van der Waals surface area (Å²) < 4.78 is 5.81. The first-order valence-electron chi connectivity index (χ1n) is 8.93. The van der Waals surface area contributed by atoms with E-state index < -0.39 is 0 Å². The molecule has 2 rings (SSSR count). The van der Waals surface area contributed by atoms with Gasteiger partial charge in [-0.05, 0) is 52.6 Å². The van der Waals surface area contributed by atoms with Crippen LogP contribution in [0.2, 0.25) is 0 Å². The van der Waals surface area contributed by atoms with Crippen molar-refractivity contribution in [1.29, 1.82) is 0 Å². The van der Waals surface area contributed by atoms with E-state index >= 15 is 0 Å². The van der Waals surface area contributed by atoms with Crippen molar-refractivity contribution in [2.24, 2.45) is 5.92 Å². The molecule has 0 spiro atoms. The molecule has 5 heteroatoms. The molecule has 5 nitrogen and oxygen atoms in total. The van der Waals surface area contributed by atoms with Gasteiger partial charge in [-0.15, -0.1) is 0 Å². The van der Waals surface area contributed by atoms with Crippen LogP contribution in [0.5, 0.6) is 0 Å². The molecule has 0 aromatic rings. The van der Waals surface area contributed by atoms with E-state index in [1.807, 2.05) is 6.92 Å². The first-order chi connectivity index (χ1) is 10.6. The Morgan fingerprint density at radius 1 is 1.14 bits per heavy atom. The number of nitrogens with one attached hydrogen (secondary N) is 1. The van der Waals surface area contributed by atoms with Crippen LogP contribution >= 0.6 is 0 Å². The van der Waals surface area contributed by atoms with Gasteiger partial charge in [0.15, 0.2) is 0 Å². The molecular formula is C17H33N3O2. The summed E-state index contributed by atoms with van der Waals surface area (Å²) in [5.74, 6) is 0.985. The highest BCUT2D eigenvalue weighted by Gasteiger charge is 2.26. The minimum atomic E-state index is 0.181. The number of hydrogen-bond acceptors (Lipinski definition) is 4.